The average molecular weight is 294 g/mol. The average Bonchev–Trinajstić information content (AvgIpc) is 2.42. The highest BCUT2D eigenvalue weighted by Gasteiger charge is 2.22. The lowest BCUT2D eigenvalue weighted by Crippen LogP contribution is -2.26. The Morgan fingerprint density at radius 2 is 2.10 bits per heavy atom. The number of para-hydroxylation sites is 1. The molecule has 0 aliphatic rings. The highest BCUT2D eigenvalue weighted by atomic mass is 16.6. The van der Waals surface area contributed by atoms with E-state index in [2.05, 4.69) is 5.32 Å². The molecule has 1 unspecified atom stereocenters. The first kappa shape index (κ1) is 16.6. The molecule has 0 fully saturated rings. The monoisotopic (exact) mass is 294 g/mol. The fourth-order valence-electron chi connectivity index (χ4n) is 1.91. The zero-order chi connectivity index (χ0) is 16.0. The van der Waals surface area contributed by atoms with E-state index in [9.17, 15) is 19.7 Å². The number of hydrogen-bond acceptors (Lipinski definition) is 4. The van der Waals surface area contributed by atoms with Crippen molar-refractivity contribution < 1.29 is 19.6 Å². The number of aliphatic carboxylic acids is 1. The lowest BCUT2D eigenvalue weighted by atomic mass is 10.1. The van der Waals surface area contributed by atoms with Gasteiger partial charge in [-0.15, -0.1) is 0 Å². The molecule has 0 saturated carbocycles. The quantitative estimate of drug-likeness (QED) is 0.455. The number of amides is 1. The third kappa shape index (κ3) is 4.55. The Kier molecular flexibility index (Phi) is 5.83. The SMILES string of the molecule is Cc1cccc(C(=O)NCCCC(C)C(=O)O)c1[N+](=O)[O-]. The number of nitrogens with one attached hydrogen (secondary N) is 1. The summed E-state index contributed by atoms with van der Waals surface area (Å²) in [6.07, 6.45) is 0.935. The molecule has 1 amide bonds. The molecule has 1 atom stereocenters. The van der Waals surface area contributed by atoms with E-state index < -0.39 is 22.7 Å². The Bertz CT molecular complexity index is 556. The number of carbonyl (C=O) groups is 2. The topological polar surface area (TPSA) is 110 Å². The van der Waals surface area contributed by atoms with Gasteiger partial charge in [-0.25, -0.2) is 0 Å². The molecule has 2 N–H and O–H groups in total. The predicted octanol–water partition coefficient (Wildman–Crippen LogP) is 2.13. The molecule has 0 radical (unpaired) electrons. The predicted molar refractivity (Wildman–Crippen MR) is 76.2 cm³/mol. The van der Waals surface area contributed by atoms with Gasteiger partial charge in [-0.1, -0.05) is 19.1 Å². The fourth-order valence-corrected chi connectivity index (χ4v) is 1.91. The Morgan fingerprint density at radius 3 is 2.67 bits per heavy atom. The lowest BCUT2D eigenvalue weighted by molar-refractivity contribution is -0.385. The van der Waals surface area contributed by atoms with Crippen molar-refractivity contribution >= 4 is 17.6 Å². The van der Waals surface area contributed by atoms with Crippen LogP contribution in [-0.4, -0.2) is 28.5 Å². The third-order valence-electron chi connectivity index (χ3n) is 3.19. The first-order chi connectivity index (χ1) is 9.84. The fraction of sp³-hybridized carbons (Fsp3) is 0.429. The zero-order valence-corrected chi connectivity index (χ0v) is 12.0. The van der Waals surface area contributed by atoms with Crippen LogP contribution in [0.4, 0.5) is 5.69 Å². The van der Waals surface area contributed by atoms with Crippen LogP contribution < -0.4 is 5.32 Å². The Balaban J connectivity index is 2.63. The van der Waals surface area contributed by atoms with Gasteiger partial charge in [-0.2, -0.15) is 0 Å². The molecule has 1 aromatic rings. The van der Waals surface area contributed by atoms with Crippen LogP contribution in [0.1, 0.15) is 35.7 Å². The Hall–Kier alpha value is -2.44. The molecule has 0 aromatic heterocycles. The molecule has 7 nitrogen and oxygen atoms in total. The van der Waals surface area contributed by atoms with Crippen LogP contribution in [0, 0.1) is 23.0 Å². The molecular weight excluding hydrogens is 276 g/mol. The molecule has 0 aliphatic heterocycles. The summed E-state index contributed by atoms with van der Waals surface area (Å²) < 4.78 is 0. The van der Waals surface area contributed by atoms with Gasteiger partial charge < -0.3 is 10.4 Å². The highest BCUT2D eigenvalue weighted by Crippen LogP contribution is 2.22. The van der Waals surface area contributed by atoms with Crippen molar-refractivity contribution in [1.82, 2.24) is 5.32 Å². The maximum absolute atomic E-state index is 12.0. The number of nitrogens with zero attached hydrogens (tertiary/aromatic N) is 1. The van der Waals surface area contributed by atoms with Crippen LogP contribution in [0.25, 0.3) is 0 Å². The summed E-state index contributed by atoms with van der Waals surface area (Å²) in [7, 11) is 0. The first-order valence-electron chi connectivity index (χ1n) is 6.59. The van der Waals surface area contributed by atoms with Crippen LogP contribution >= 0.6 is 0 Å². The van der Waals surface area contributed by atoms with Gasteiger partial charge in [0.25, 0.3) is 11.6 Å². The minimum Gasteiger partial charge on any atom is -0.481 e. The van der Waals surface area contributed by atoms with Crippen LogP contribution in [0.2, 0.25) is 0 Å². The maximum Gasteiger partial charge on any atom is 0.306 e. The summed E-state index contributed by atoms with van der Waals surface area (Å²) >= 11 is 0. The van der Waals surface area contributed by atoms with Gasteiger partial charge in [-0.3, -0.25) is 19.7 Å². The number of nitro benzene ring substituents is 1. The molecule has 0 aliphatic carbocycles. The van der Waals surface area contributed by atoms with Crippen LogP contribution in [0.3, 0.4) is 0 Å². The smallest absolute Gasteiger partial charge is 0.306 e. The Morgan fingerprint density at radius 1 is 1.43 bits per heavy atom. The summed E-state index contributed by atoms with van der Waals surface area (Å²) in [6, 6.07) is 4.56. The standard InChI is InChI=1S/C14H18N2O5/c1-9-5-3-7-11(12(9)16(20)21)13(17)15-8-4-6-10(2)14(18)19/h3,5,7,10H,4,6,8H2,1-2H3,(H,15,17)(H,18,19). The lowest BCUT2D eigenvalue weighted by Gasteiger charge is -2.08. The summed E-state index contributed by atoms with van der Waals surface area (Å²) in [6.45, 7) is 3.44. The summed E-state index contributed by atoms with van der Waals surface area (Å²) in [5.74, 6) is -1.88. The van der Waals surface area contributed by atoms with Gasteiger partial charge in [-0.05, 0) is 25.8 Å². The van der Waals surface area contributed by atoms with Crippen molar-refractivity contribution in [2.75, 3.05) is 6.54 Å². The summed E-state index contributed by atoms with van der Waals surface area (Å²) in [5.41, 5.74) is 0.243. The first-order valence-corrected chi connectivity index (χ1v) is 6.59. The highest BCUT2D eigenvalue weighted by molar-refractivity contribution is 5.98. The summed E-state index contributed by atoms with van der Waals surface area (Å²) in [5, 5.41) is 22.3. The van der Waals surface area contributed by atoms with Gasteiger partial charge >= 0.3 is 5.97 Å². The number of benzene rings is 1. The van der Waals surface area contributed by atoms with E-state index in [0.29, 0.717) is 18.4 Å². The number of aryl methyl sites for hydroxylation is 1. The second-order valence-corrected chi connectivity index (χ2v) is 4.87. The molecule has 7 heteroatoms. The van der Waals surface area contributed by atoms with Gasteiger partial charge in [0.05, 0.1) is 10.8 Å². The van der Waals surface area contributed by atoms with E-state index in [1.54, 1.807) is 26.0 Å². The maximum atomic E-state index is 12.0. The molecule has 1 rings (SSSR count). The van der Waals surface area contributed by atoms with Crippen molar-refractivity contribution in [2.45, 2.75) is 26.7 Å². The minimum atomic E-state index is -0.879. The second kappa shape index (κ2) is 7.37. The van der Waals surface area contributed by atoms with Crippen LogP contribution in [-0.2, 0) is 4.79 Å². The number of nitro groups is 1. The largest absolute Gasteiger partial charge is 0.481 e. The molecule has 1 aromatic carbocycles. The molecular formula is C14H18N2O5. The molecule has 0 saturated heterocycles. The summed E-state index contributed by atoms with van der Waals surface area (Å²) in [4.78, 5) is 33.0. The Labute approximate surface area is 122 Å². The molecule has 21 heavy (non-hydrogen) atoms. The van der Waals surface area contributed by atoms with Crippen molar-refractivity contribution in [3.8, 4) is 0 Å². The van der Waals surface area contributed by atoms with E-state index in [0.717, 1.165) is 0 Å². The zero-order valence-electron chi connectivity index (χ0n) is 12.0. The van der Waals surface area contributed by atoms with E-state index >= 15 is 0 Å². The number of rotatable bonds is 7. The minimum absolute atomic E-state index is 0.0197. The van der Waals surface area contributed by atoms with Crippen molar-refractivity contribution in [3.05, 3.63) is 39.4 Å². The van der Waals surface area contributed by atoms with Gasteiger partial charge in [0.1, 0.15) is 5.56 Å². The molecule has 0 bridgehead atoms. The van der Waals surface area contributed by atoms with Gasteiger partial charge in [0.2, 0.25) is 0 Å². The van der Waals surface area contributed by atoms with Gasteiger partial charge in [0, 0.05) is 12.1 Å². The molecule has 114 valence electrons. The van der Waals surface area contributed by atoms with E-state index in [-0.39, 0.29) is 17.8 Å². The number of carboxylic acid groups (broad SMARTS) is 1. The van der Waals surface area contributed by atoms with E-state index in [4.69, 9.17) is 5.11 Å². The van der Waals surface area contributed by atoms with E-state index in [1.807, 2.05) is 0 Å². The third-order valence-corrected chi connectivity index (χ3v) is 3.19. The number of carbonyl (C=O) groups excluding carboxylic acids is 1. The number of hydrogen-bond donors (Lipinski definition) is 2. The van der Waals surface area contributed by atoms with Crippen molar-refractivity contribution in [3.63, 3.8) is 0 Å². The number of carboxylic acids is 1. The van der Waals surface area contributed by atoms with E-state index in [1.165, 1.54) is 6.07 Å². The molecule has 0 spiro atoms. The van der Waals surface area contributed by atoms with Gasteiger partial charge in [0.15, 0.2) is 0 Å². The normalized spacial score (nSPS) is 11.7. The molecule has 0 heterocycles. The van der Waals surface area contributed by atoms with Crippen LogP contribution in [0.15, 0.2) is 18.2 Å². The van der Waals surface area contributed by atoms with Crippen LogP contribution in [0.5, 0.6) is 0 Å². The second-order valence-electron chi connectivity index (χ2n) is 4.87. The van der Waals surface area contributed by atoms with Crippen molar-refractivity contribution in [2.24, 2.45) is 5.92 Å². The van der Waals surface area contributed by atoms with Crippen molar-refractivity contribution in [1.29, 1.82) is 0 Å².